The maximum Gasteiger partial charge on any atom is 0.310 e. The zero-order valence-electron chi connectivity index (χ0n) is 11.6. The smallest absolute Gasteiger partial charge is 0.310 e. The molecule has 0 spiro atoms. The van der Waals surface area contributed by atoms with Crippen molar-refractivity contribution in [2.24, 2.45) is 0 Å². The van der Waals surface area contributed by atoms with E-state index < -0.39 is 17.7 Å². The molecule has 0 saturated carbocycles. The van der Waals surface area contributed by atoms with E-state index in [9.17, 15) is 9.18 Å². The standard InChI is InChI=1S/C16H14ClFO3/c1-9(16(19)20)10-3-5-13(15(7-10)21-2)12-6-4-11(17)8-14(12)18/h3-9H,1-2H3,(H,19,20). The molecule has 2 aromatic carbocycles. The highest BCUT2D eigenvalue weighted by atomic mass is 35.5. The topological polar surface area (TPSA) is 46.5 Å². The number of carboxylic acids is 1. The van der Waals surface area contributed by atoms with Crippen LogP contribution >= 0.6 is 11.6 Å². The Morgan fingerprint density at radius 2 is 1.90 bits per heavy atom. The summed E-state index contributed by atoms with van der Waals surface area (Å²) in [6.07, 6.45) is 0. The first-order valence-corrected chi connectivity index (χ1v) is 6.68. The van der Waals surface area contributed by atoms with Crippen molar-refractivity contribution >= 4 is 17.6 Å². The maximum atomic E-state index is 14.0. The lowest BCUT2D eigenvalue weighted by atomic mass is 9.96. The Morgan fingerprint density at radius 1 is 1.24 bits per heavy atom. The van der Waals surface area contributed by atoms with Crippen LogP contribution < -0.4 is 4.74 Å². The first-order valence-electron chi connectivity index (χ1n) is 6.30. The van der Waals surface area contributed by atoms with E-state index in [0.29, 0.717) is 27.5 Å². The average Bonchev–Trinajstić information content (AvgIpc) is 2.46. The molecule has 5 heteroatoms. The molecule has 0 fully saturated rings. The van der Waals surface area contributed by atoms with Gasteiger partial charge in [-0.3, -0.25) is 4.79 Å². The molecular weight excluding hydrogens is 295 g/mol. The van der Waals surface area contributed by atoms with E-state index in [0.717, 1.165) is 0 Å². The summed E-state index contributed by atoms with van der Waals surface area (Å²) in [6, 6.07) is 9.31. The predicted octanol–water partition coefficient (Wildman–Crippen LogP) is 4.34. The van der Waals surface area contributed by atoms with Gasteiger partial charge in [0.05, 0.1) is 13.0 Å². The molecule has 0 bridgehead atoms. The number of halogens is 2. The molecule has 2 aromatic rings. The number of hydrogen-bond donors (Lipinski definition) is 1. The molecule has 0 saturated heterocycles. The van der Waals surface area contributed by atoms with Gasteiger partial charge < -0.3 is 9.84 Å². The summed E-state index contributed by atoms with van der Waals surface area (Å²) < 4.78 is 19.3. The molecule has 0 heterocycles. The minimum atomic E-state index is -0.928. The van der Waals surface area contributed by atoms with E-state index in [2.05, 4.69) is 0 Å². The van der Waals surface area contributed by atoms with E-state index in [4.69, 9.17) is 21.4 Å². The highest BCUT2D eigenvalue weighted by molar-refractivity contribution is 6.30. The van der Waals surface area contributed by atoms with Gasteiger partial charge in [0.15, 0.2) is 0 Å². The fraction of sp³-hybridized carbons (Fsp3) is 0.188. The lowest BCUT2D eigenvalue weighted by Crippen LogP contribution is -2.07. The second kappa shape index (κ2) is 6.14. The molecule has 0 amide bonds. The monoisotopic (exact) mass is 308 g/mol. The highest BCUT2D eigenvalue weighted by Gasteiger charge is 2.17. The highest BCUT2D eigenvalue weighted by Crippen LogP contribution is 2.35. The van der Waals surface area contributed by atoms with Crippen LogP contribution in [0.2, 0.25) is 5.02 Å². The lowest BCUT2D eigenvalue weighted by molar-refractivity contribution is -0.138. The summed E-state index contributed by atoms with van der Waals surface area (Å²) in [5.74, 6) is -1.63. The lowest BCUT2D eigenvalue weighted by Gasteiger charge is -2.13. The summed E-state index contributed by atoms with van der Waals surface area (Å²) in [5.41, 5.74) is 1.50. The first-order chi connectivity index (χ1) is 9.93. The van der Waals surface area contributed by atoms with Crippen LogP contribution in [0, 0.1) is 5.82 Å². The molecule has 2 rings (SSSR count). The Labute approximate surface area is 126 Å². The van der Waals surface area contributed by atoms with Crippen molar-refractivity contribution in [1.82, 2.24) is 0 Å². The van der Waals surface area contributed by atoms with Crippen molar-refractivity contribution in [3.8, 4) is 16.9 Å². The van der Waals surface area contributed by atoms with Crippen molar-refractivity contribution < 1.29 is 19.0 Å². The molecule has 1 atom stereocenters. The van der Waals surface area contributed by atoms with Crippen LogP contribution in [0.25, 0.3) is 11.1 Å². The Balaban J connectivity index is 2.52. The number of methoxy groups -OCH3 is 1. The first kappa shape index (κ1) is 15.3. The van der Waals surface area contributed by atoms with E-state index in [1.54, 1.807) is 37.3 Å². The zero-order valence-corrected chi connectivity index (χ0v) is 12.3. The van der Waals surface area contributed by atoms with Gasteiger partial charge >= 0.3 is 5.97 Å². The van der Waals surface area contributed by atoms with Crippen LogP contribution in [0.15, 0.2) is 36.4 Å². The summed E-state index contributed by atoms with van der Waals surface area (Å²) in [5, 5.41) is 9.36. The van der Waals surface area contributed by atoms with Crippen molar-refractivity contribution in [1.29, 1.82) is 0 Å². The quantitative estimate of drug-likeness (QED) is 0.913. The van der Waals surface area contributed by atoms with Gasteiger partial charge in [-0.15, -0.1) is 0 Å². The number of aliphatic carboxylic acids is 1. The number of rotatable bonds is 4. The number of benzene rings is 2. The van der Waals surface area contributed by atoms with Crippen LogP contribution in [0.5, 0.6) is 5.75 Å². The predicted molar refractivity (Wildman–Crippen MR) is 79.4 cm³/mol. The van der Waals surface area contributed by atoms with E-state index in [-0.39, 0.29) is 0 Å². The Kier molecular flexibility index (Phi) is 4.48. The number of carboxylic acid groups (broad SMARTS) is 1. The molecular formula is C16H14ClFO3. The normalized spacial score (nSPS) is 12.0. The minimum absolute atomic E-state index is 0.311. The fourth-order valence-corrected chi connectivity index (χ4v) is 2.21. The van der Waals surface area contributed by atoms with Gasteiger partial charge in [0.25, 0.3) is 0 Å². The molecule has 1 unspecified atom stereocenters. The number of ether oxygens (including phenoxy) is 1. The van der Waals surface area contributed by atoms with Crippen LogP contribution in [0.3, 0.4) is 0 Å². The van der Waals surface area contributed by atoms with Gasteiger partial charge in [-0.2, -0.15) is 0 Å². The third kappa shape index (κ3) is 3.16. The minimum Gasteiger partial charge on any atom is -0.496 e. The van der Waals surface area contributed by atoms with Crippen LogP contribution in [0.4, 0.5) is 4.39 Å². The average molecular weight is 309 g/mol. The summed E-state index contributed by atoms with van der Waals surface area (Å²) in [4.78, 5) is 11.0. The van der Waals surface area contributed by atoms with E-state index in [1.165, 1.54) is 13.2 Å². The van der Waals surface area contributed by atoms with Crippen LogP contribution in [-0.2, 0) is 4.79 Å². The Hall–Kier alpha value is -2.07. The van der Waals surface area contributed by atoms with Gasteiger partial charge in [-0.05, 0) is 36.8 Å². The van der Waals surface area contributed by atoms with Crippen molar-refractivity contribution in [3.63, 3.8) is 0 Å². The Bertz CT molecular complexity index is 685. The van der Waals surface area contributed by atoms with Crippen molar-refractivity contribution in [3.05, 3.63) is 52.8 Å². The maximum absolute atomic E-state index is 14.0. The fourth-order valence-electron chi connectivity index (χ4n) is 2.05. The third-order valence-corrected chi connectivity index (χ3v) is 3.55. The molecule has 0 aliphatic heterocycles. The molecule has 3 nitrogen and oxygen atoms in total. The van der Waals surface area contributed by atoms with E-state index >= 15 is 0 Å². The third-order valence-electron chi connectivity index (χ3n) is 3.32. The molecule has 1 N–H and O–H groups in total. The summed E-state index contributed by atoms with van der Waals surface area (Å²) in [7, 11) is 1.46. The molecule has 21 heavy (non-hydrogen) atoms. The van der Waals surface area contributed by atoms with Gasteiger partial charge in [-0.1, -0.05) is 23.7 Å². The van der Waals surface area contributed by atoms with E-state index in [1.807, 2.05) is 0 Å². The number of carbonyl (C=O) groups is 1. The Morgan fingerprint density at radius 3 is 2.48 bits per heavy atom. The van der Waals surface area contributed by atoms with Gasteiger partial charge in [0.1, 0.15) is 11.6 Å². The van der Waals surface area contributed by atoms with Crippen LogP contribution in [0.1, 0.15) is 18.4 Å². The number of hydrogen-bond acceptors (Lipinski definition) is 2. The van der Waals surface area contributed by atoms with Crippen molar-refractivity contribution in [2.75, 3.05) is 7.11 Å². The second-order valence-electron chi connectivity index (χ2n) is 4.64. The molecule has 0 aliphatic rings. The summed E-state index contributed by atoms with van der Waals surface area (Å²) in [6.45, 7) is 1.58. The van der Waals surface area contributed by atoms with Crippen molar-refractivity contribution in [2.45, 2.75) is 12.8 Å². The van der Waals surface area contributed by atoms with Gasteiger partial charge in [0.2, 0.25) is 0 Å². The van der Waals surface area contributed by atoms with Gasteiger partial charge in [-0.25, -0.2) is 4.39 Å². The largest absolute Gasteiger partial charge is 0.496 e. The molecule has 110 valence electrons. The molecule has 0 radical (unpaired) electrons. The zero-order chi connectivity index (χ0) is 15.6. The second-order valence-corrected chi connectivity index (χ2v) is 5.08. The summed E-state index contributed by atoms with van der Waals surface area (Å²) >= 11 is 5.74. The molecule has 0 aromatic heterocycles. The SMILES string of the molecule is COc1cc(C(C)C(=O)O)ccc1-c1ccc(Cl)cc1F. The molecule has 0 aliphatic carbocycles. The van der Waals surface area contributed by atoms with Crippen LogP contribution in [-0.4, -0.2) is 18.2 Å². The van der Waals surface area contributed by atoms with Gasteiger partial charge in [0, 0.05) is 16.1 Å².